The highest BCUT2D eigenvalue weighted by molar-refractivity contribution is 5.98. The van der Waals surface area contributed by atoms with Crippen LogP contribution in [-0.2, 0) is 0 Å². The van der Waals surface area contributed by atoms with Crippen LogP contribution < -0.4 is 22.1 Å². The molecule has 7 nitrogen and oxygen atoms in total. The summed E-state index contributed by atoms with van der Waals surface area (Å²) < 4.78 is 42.1. The Balaban J connectivity index is 1.66. The summed E-state index contributed by atoms with van der Waals surface area (Å²) in [5.41, 5.74) is 12.3. The van der Waals surface area contributed by atoms with Crippen LogP contribution in [0.15, 0.2) is 42.7 Å². The molecule has 0 aliphatic heterocycles. The maximum absolute atomic E-state index is 14.7. The fourth-order valence-electron chi connectivity index (χ4n) is 3.90. The number of primary amides is 1. The van der Waals surface area contributed by atoms with Crippen molar-refractivity contribution in [1.29, 1.82) is 0 Å². The molecule has 2 aromatic heterocycles. The van der Waals surface area contributed by atoms with E-state index < -0.39 is 23.4 Å². The van der Waals surface area contributed by atoms with Crippen molar-refractivity contribution in [2.45, 2.75) is 37.8 Å². The van der Waals surface area contributed by atoms with Crippen molar-refractivity contribution >= 4 is 23.2 Å². The first kappa shape index (κ1) is 22.5. The average molecular weight is 456 g/mol. The Morgan fingerprint density at radius 1 is 1.00 bits per heavy atom. The van der Waals surface area contributed by atoms with Gasteiger partial charge in [-0.05, 0) is 37.1 Å². The molecule has 1 fully saturated rings. The zero-order chi connectivity index (χ0) is 23.5. The number of anilines is 3. The Labute approximate surface area is 188 Å². The molecule has 2 atom stereocenters. The van der Waals surface area contributed by atoms with Gasteiger partial charge in [-0.1, -0.05) is 12.8 Å². The molecule has 6 N–H and O–H groups in total. The number of aromatic nitrogens is 2. The summed E-state index contributed by atoms with van der Waals surface area (Å²) in [6.45, 7) is 0. The minimum absolute atomic E-state index is 0.00862. The largest absolute Gasteiger partial charge is 0.365 e. The second kappa shape index (κ2) is 9.45. The number of hydrogen-bond acceptors (Lipinski definition) is 6. The molecule has 1 aromatic carbocycles. The lowest BCUT2D eigenvalue weighted by Gasteiger charge is -2.30. The van der Waals surface area contributed by atoms with E-state index in [9.17, 15) is 18.0 Å². The first-order chi connectivity index (χ1) is 15.8. The fourth-order valence-corrected chi connectivity index (χ4v) is 3.90. The molecule has 10 heteroatoms. The second-order valence-electron chi connectivity index (χ2n) is 7.99. The monoisotopic (exact) mass is 456 g/mol. The van der Waals surface area contributed by atoms with Gasteiger partial charge in [-0.15, -0.1) is 0 Å². The summed E-state index contributed by atoms with van der Waals surface area (Å²) in [6, 6.07) is 5.47. The summed E-state index contributed by atoms with van der Waals surface area (Å²) >= 11 is 0. The number of nitrogens with two attached hydrogens (primary N) is 2. The van der Waals surface area contributed by atoms with Gasteiger partial charge in [0.1, 0.15) is 17.5 Å². The average Bonchev–Trinajstić information content (AvgIpc) is 2.77. The number of carbonyl (C=O) groups is 1. The molecule has 0 unspecified atom stereocenters. The van der Waals surface area contributed by atoms with Crippen molar-refractivity contribution in [3.8, 4) is 11.1 Å². The van der Waals surface area contributed by atoms with Crippen molar-refractivity contribution in [2.75, 3.05) is 10.6 Å². The molecule has 1 amide bonds. The molecule has 1 saturated carbocycles. The molecule has 1 aliphatic carbocycles. The number of benzene rings is 1. The van der Waals surface area contributed by atoms with E-state index in [2.05, 4.69) is 20.6 Å². The van der Waals surface area contributed by atoms with Crippen LogP contribution in [0.2, 0.25) is 0 Å². The van der Waals surface area contributed by atoms with Crippen LogP contribution in [0.3, 0.4) is 0 Å². The van der Waals surface area contributed by atoms with E-state index >= 15 is 0 Å². The van der Waals surface area contributed by atoms with Crippen molar-refractivity contribution in [3.05, 3.63) is 65.7 Å². The van der Waals surface area contributed by atoms with Crippen molar-refractivity contribution in [1.82, 2.24) is 9.97 Å². The van der Waals surface area contributed by atoms with E-state index in [1.165, 1.54) is 18.5 Å². The predicted molar refractivity (Wildman–Crippen MR) is 119 cm³/mol. The van der Waals surface area contributed by atoms with Gasteiger partial charge < -0.3 is 22.1 Å². The highest BCUT2D eigenvalue weighted by Crippen LogP contribution is 2.29. The third kappa shape index (κ3) is 5.06. The first-order valence-electron chi connectivity index (χ1n) is 10.5. The molecule has 0 radical (unpaired) electrons. The van der Waals surface area contributed by atoms with E-state index in [4.69, 9.17) is 11.5 Å². The Kier molecular flexibility index (Phi) is 6.45. The van der Waals surface area contributed by atoms with Crippen LogP contribution in [0.1, 0.15) is 36.0 Å². The number of hydrogen-bond donors (Lipinski definition) is 4. The molecule has 172 valence electrons. The summed E-state index contributed by atoms with van der Waals surface area (Å²) in [5.74, 6) is -3.10. The molecule has 0 spiro atoms. The zero-order valence-corrected chi connectivity index (χ0v) is 17.6. The minimum atomic E-state index is -0.876. The van der Waals surface area contributed by atoms with Crippen LogP contribution >= 0.6 is 0 Å². The Bertz CT molecular complexity index is 1190. The van der Waals surface area contributed by atoms with Crippen LogP contribution in [0, 0.1) is 17.5 Å². The fraction of sp³-hybridized carbons (Fsp3) is 0.261. The highest BCUT2D eigenvalue weighted by Gasteiger charge is 2.24. The number of nitrogens with one attached hydrogen (secondary N) is 2. The van der Waals surface area contributed by atoms with E-state index in [1.54, 1.807) is 6.07 Å². The van der Waals surface area contributed by atoms with E-state index in [1.807, 2.05) is 0 Å². The van der Waals surface area contributed by atoms with Gasteiger partial charge in [0.15, 0.2) is 11.6 Å². The molecular weight excluding hydrogens is 433 g/mol. The molecule has 0 saturated heterocycles. The van der Waals surface area contributed by atoms with Crippen molar-refractivity contribution < 1.29 is 18.0 Å². The lowest BCUT2D eigenvalue weighted by Crippen LogP contribution is -2.43. The SMILES string of the molecule is NC(=O)c1cc(F)c(N[C@@H]2CCCC[C@@H]2N)nc1Nc1cncc(-c2ccc(F)cc2F)c1. The molecule has 33 heavy (non-hydrogen) atoms. The van der Waals surface area contributed by atoms with Gasteiger partial charge in [0.2, 0.25) is 0 Å². The third-order valence-electron chi connectivity index (χ3n) is 5.63. The third-order valence-corrected chi connectivity index (χ3v) is 5.63. The van der Waals surface area contributed by atoms with E-state index in [0.29, 0.717) is 11.3 Å². The van der Waals surface area contributed by atoms with E-state index in [0.717, 1.165) is 43.9 Å². The summed E-state index contributed by atoms with van der Waals surface area (Å²) in [5, 5.41) is 5.94. The van der Waals surface area contributed by atoms with Crippen molar-refractivity contribution in [3.63, 3.8) is 0 Å². The molecule has 0 bridgehead atoms. The Hall–Kier alpha value is -3.66. The smallest absolute Gasteiger partial charge is 0.252 e. The Morgan fingerprint density at radius 3 is 2.52 bits per heavy atom. The normalized spacial score (nSPS) is 18.1. The van der Waals surface area contributed by atoms with Crippen LogP contribution in [0.4, 0.5) is 30.5 Å². The highest BCUT2D eigenvalue weighted by atomic mass is 19.1. The number of pyridine rings is 2. The van der Waals surface area contributed by atoms with Gasteiger partial charge in [-0.2, -0.15) is 0 Å². The molecule has 1 aliphatic rings. The Morgan fingerprint density at radius 2 is 1.79 bits per heavy atom. The second-order valence-corrected chi connectivity index (χ2v) is 7.99. The van der Waals surface area contributed by atoms with Gasteiger partial charge in [-0.3, -0.25) is 9.78 Å². The molecule has 2 heterocycles. The standard InChI is InChI=1S/C23H23F3N6O/c24-13-5-6-15(17(25)8-13)12-7-14(11-29-10-12)30-22-16(21(28)33)9-18(26)23(32-22)31-20-4-2-1-3-19(20)27/h5-11,19-20H,1-4,27H2,(H2,28,33)(H2,30,31,32)/t19-,20+/m0/s1. The number of rotatable bonds is 6. The summed E-state index contributed by atoms with van der Waals surface area (Å²) in [4.78, 5) is 20.2. The first-order valence-corrected chi connectivity index (χ1v) is 10.5. The number of amides is 1. The van der Waals surface area contributed by atoms with Gasteiger partial charge in [0.05, 0.1) is 17.4 Å². The molecule has 3 aromatic rings. The maximum Gasteiger partial charge on any atom is 0.252 e. The lowest BCUT2D eigenvalue weighted by molar-refractivity contribution is 0.100. The minimum Gasteiger partial charge on any atom is -0.365 e. The van der Waals surface area contributed by atoms with E-state index in [-0.39, 0.29) is 34.8 Å². The van der Waals surface area contributed by atoms with Crippen LogP contribution in [0.25, 0.3) is 11.1 Å². The van der Waals surface area contributed by atoms with Crippen LogP contribution in [-0.4, -0.2) is 28.0 Å². The van der Waals surface area contributed by atoms with Gasteiger partial charge in [0.25, 0.3) is 5.91 Å². The lowest BCUT2D eigenvalue weighted by atomic mass is 9.91. The maximum atomic E-state index is 14.7. The number of halogens is 3. The van der Waals surface area contributed by atoms with Crippen LogP contribution in [0.5, 0.6) is 0 Å². The number of carbonyl (C=O) groups excluding carboxylic acids is 1. The molecule has 4 rings (SSSR count). The number of nitrogens with zero attached hydrogens (tertiary/aromatic N) is 2. The predicted octanol–water partition coefficient (Wildman–Crippen LogP) is 4.09. The van der Waals surface area contributed by atoms with Gasteiger partial charge in [-0.25, -0.2) is 18.2 Å². The van der Waals surface area contributed by atoms with Crippen molar-refractivity contribution in [2.24, 2.45) is 11.5 Å². The topological polar surface area (TPSA) is 119 Å². The van der Waals surface area contributed by atoms with Gasteiger partial charge >= 0.3 is 0 Å². The summed E-state index contributed by atoms with van der Waals surface area (Å²) in [6.07, 6.45) is 6.41. The summed E-state index contributed by atoms with van der Waals surface area (Å²) in [7, 11) is 0. The van der Waals surface area contributed by atoms with Gasteiger partial charge in [0, 0.05) is 35.5 Å². The molecular formula is C23H23F3N6O. The zero-order valence-electron chi connectivity index (χ0n) is 17.6. The quantitative estimate of drug-likeness (QED) is 0.444.